The van der Waals surface area contributed by atoms with E-state index in [9.17, 15) is 0 Å². The number of aryl methyl sites for hydroxylation is 1. The molecule has 0 radical (unpaired) electrons. The minimum Gasteiger partial charge on any atom is -0.381 e. The Labute approximate surface area is 134 Å². The van der Waals surface area contributed by atoms with Crippen LogP contribution in [0.2, 0.25) is 0 Å². The van der Waals surface area contributed by atoms with E-state index >= 15 is 0 Å². The van der Waals surface area contributed by atoms with Crippen molar-refractivity contribution in [2.24, 2.45) is 5.92 Å². The van der Waals surface area contributed by atoms with Crippen molar-refractivity contribution in [3.63, 3.8) is 0 Å². The molecule has 22 heavy (non-hydrogen) atoms. The van der Waals surface area contributed by atoms with Gasteiger partial charge in [0.1, 0.15) is 5.82 Å². The van der Waals surface area contributed by atoms with Crippen LogP contribution in [0.15, 0.2) is 42.5 Å². The van der Waals surface area contributed by atoms with Crippen LogP contribution in [-0.2, 0) is 0 Å². The van der Waals surface area contributed by atoms with E-state index in [4.69, 9.17) is 0 Å². The fourth-order valence-electron chi connectivity index (χ4n) is 2.37. The van der Waals surface area contributed by atoms with Gasteiger partial charge >= 0.3 is 0 Å². The predicted molar refractivity (Wildman–Crippen MR) is 95.9 cm³/mol. The SMILES string of the molecule is Cc1nc(Nc2ccccc2)ccc1NC(C)CCC(C)C. The van der Waals surface area contributed by atoms with Crippen molar-refractivity contribution in [3.8, 4) is 0 Å². The third-order valence-corrected chi connectivity index (χ3v) is 3.71. The summed E-state index contributed by atoms with van der Waals surface area (Å²) in [6, 6.07) is 14.7. The lowest BCUT2D eigenvalue weighted by molar-refractivity contribution is 0.527. The first-order valence-corrected chi connectivity index (χ1v) is 8.11. The highest BCUT2D eigenvalue weighted by Gasteiger charge is 2.07. The minimum absolute atomic E-state index is 0.468. The Kier molecular flexibility index (Phi) is 5.82. The van der Waals surface area contributed by atoms with Gasteiger partial charge in [-0.25, -0.2) is 4.98 Å². The van der Waals surface area contributed by atoms with Crippen LogP contribution in [0.1, 0.15) is 39.3 Å². The summed E-state index contributed by atoms with van der Waals surface area (Å²) in [5.74, 6) is 1.63. The maximum Gasteiger partial charge on any atom is 0.130 e. The smallest absolute Gasteiger partial charge is 0.130 e. The van der Waals surface area contributed by atoms with Gasteiger partial charge in [-0.3, -0.25) is 0 Å². The standard InChI is InChI=1S/C19H27N3/c1-14(2)10-11-15(3)20-18-12-13-19(21-16(18)4)22-17-8-6-5-7-9-17/h5-9,12-15,20H,10-11H2,1-4H3,(H,21,22). The third-order valence-electron chi connectivity index (χ3n) is 3.71. The number of nitrogens with one attached hydrogen (secondary N) is 2. The molecular formula is C19H27N3. The molecule has 0 saturated heterocycles. The van der Waals surface area contributed by atoms with Gasteiger partial charge in [-0.1, -0.05) is 32.0 Å². The summed E-state index contributed by atoms with van der Waals surface area (Å²) in [4.78, 5) is 4.64. The lowest BCUT2D eigenvalue weighted by atomic mass is 10.0. The van der Waals surface area contributed by atoms with E-state index in [1.807, 2.05) is 43.3 Å². The van der Waals surface area contributed by atoms with E-state index in [1.165, 1.54) is 12.8 Å². The lowest BCUT2D eigenvalue weighted by Gasteiger charge is -2.18. The Morgan fingerprint density at radius 1 is 0.955 bits per heavy atom. The van der Waals surface area contributed by atoms with Crippen molar-refractivity contribution in [3.05, 3.63) is 48.2 Å². The molecule has 0 amide bonds. The number of para-hydroxylation sites is 1. The molecule has 0 bridgehead atoms. The molecule has 1 unspecified atom stereocenters. The molecule has 0 fully saturated rings. The quantitative estimate of drug-likeness (QED) is 0.721. The summed E-state index contributed by atoms with van der Waals surface area (Å²) in [7, 11) is 0. The fraction of sp³-hybridized carbons (Fsp3) is 0.421. The molecule has 3 nitrogen and oxygen atoms in total. The average molecular weight is 297 g/mol. The van der Waals surface area contributed by atoms with Crippen LogP contribution >= 0.6 is 0 Å². The van der Waals surface area contributed by atoms with Crippen molar-refractivity contribution in [1.29, 1.82) is 0 Å². The van der Waals surface area contributed by atoms with Crippen LogP contribution < -0.4 is 10.6 Å². The maximum absolute atomic E-state index is 4.64. The maximum atomic E-state index is 4.64. The Balaban J connectivity index is 1.97. The Hall–Kier alpha value is -2.03. The number of hydrogen-bond acceptors (Lipinski definition) is 3. The fourth-order valence-corrected chi connectivity index (χ4v) is 2.37. The van der Waals surface area contributed by atoms with E-state index < -0.39 is 0 Å². The number of benzene rings is 1. The van der Waals surface area contributed by atoms with Crippen molar-refractivity contribution >= 4 is 17.2 Å². The number of hydrogen-bond donors (Lipinski definition) is 2. The van der Waals surface area contributed by atoms with E-state index in [-0.39, 0.29) is 0 Å². The average Bonchev–Trinajstić information content (AvgIpc) is 2.49. The first-order valence-electron chi connectivity index (χ1n) is 8.11. The van der Waals surface area contributed by atoms with Crippen molar-refractivity contribution in [1.82, 2.24) is 4.98 Å². The summed E-state index contributed by atoms with van der Waals surface area (Å²) in [6.45, 7) is 8.82. The van der Waals surface area contributed by atoms with Crippen LogP contribution in [0, 0.1) is 12.8 Å². The number of nitrogens with zero attached hydrogens (tertiary/aromatic N) is 1. The molecule has 3 heteroatoms. The molecule has 1 heterocycles. The highest BCUT2D eigenvalue weighted by Crippen LogP contribution is 2.21. The Morgan fingerprint density at radius 2 is 1.68 bits per heavy atom. The second-order valence-corrected chi connectivity index (χ2v) is 6.34. The van der Waals surface area contributed by atoms with Gasteiger partial charge in [-0.15, -0.1) is 0 Å². The number of anilines is 3. The predicted octanol–water partition coefficient (Wildman–Crippen LogP) is 5.37. The summed E-state index contributed by atoms with van der Waals surface area (Å²) in [5.41, 5.74) is 3.20. The van der Waals surface area contributed by atoms with E-state index in [0.29, 0.717) is 6.04 Å². The van der Waals surface area contributed by atoms with Crippen LogP contribution in [0.3, 0.4) is 0 Å². The van der Waals surface area contributed by atoms with Gasteiger partial charge in [0.2, 0.25) is 0 Å². The molecule has 1 atom stereocenters. The largest absolute Gasteiger partial charge is 0.381 e. The molecule has 118 valence electrons. The molecular weight excluding hydrogens is 270 g/mol. The summed E-state index contributed by atoms with van der Waals surface area (Å²) in [6.07, 6.45) is 2.43. The summed E-state index contributed by atoms with van der Waals surface area (Å²) >= 11 is 0. The molecule has 2 rings (SSSR count). The first-order chi connectivity index (χ1) is 10.5. The van der Waals surface area contributed by atoms with Crippen molar-refractivity contribution in [2.45, 2.75) is 46.6 Å². The van der Waals surface area contributed by atoms with E-state index in [0.717, 1.165) is 28.8 Å². The van der Waals surface area contributed by atoms with Gasteiger partial charge in [-0.05, 0) is 56.9 Å². The topological polar surface area (TPSA) is 37.0 Å². The molecule has 0 aliphatic heterocycles. The zero-order valence-electron chi connectivity index (χ0n) is 14.1. The highest BCUT2D eigenvalue weighted by molar-refractivity contribution is 5.59. The lowest BCUT2D eigenvalue weighted by Crippen LogP contribution is -2.17. The van der Waals surface area contributed by atoms with Crippen LogP contribution in [0.4, 0.5) is 17.2 Å². The van der Waals surface area contributed by atoms with Gasteiger partial charge in [0.05, 0.1) is 11.4 Å². The molecule has 0 aliphatic carbocycles. The van der Waals surface area contributed by atoms with Gasteiger partial charge in [0, 0.05) is 11.7 Å². The van der Waals surface area contributed by atoms with Crippen LogP contribution in [0.5, 0.6) is 0 Å². The van der Waals surface area contributed by atoms with Gasteiger partial charge in [0.25, 0.3) is 0 Å². The number of aromatic nitrogens is 1. The monoisotopic (exact) mass is 297 g/mol. The van der Waals surface area contributed by atoms with Gasteiger partial charge in [-0.2, -0.15) is 0 Å². The molecule has 1 aromatic carbocycles. The second kappa shape index (κ2) is 7.83. The molecule has 0 spiro atoms. The van der Waals surface area contributed by atoms with E-state index in [2.05, 4.69) is 42.5 Å². The van der Waals surface area contributed by atoms with Crippen LogP contribution in [0.25, 0.3) is 0 Å². The van der Waals surface area contributed by atoms with E-state index in [1.54, 1.807) is 0 Å². The summed E-state index contributed by atoms with van der Waals surface area (Å²) in [5, 5.41) is 6.89. The van der Waals surface area contributed by atoms with Crippen molar-refractivity contribution in [2.75, 3.05) is 10.6 Å². The minimum atomic E-state index is 0.468. The number of rotatable bonds is 7. The molecule has 1 aromatic heterocycles. The zero-order valence-corrected chi connectivity index (χ0v) is 14.1. The summed E-state index contributed by atoms with van der Waals surface area (Å²) < 4.78 is 0. The zero-order chi connectivity index (χ0) is 15.9. The molecule has 2 aromatic rings. The first kappa shape index (κ1) is 16.3. The Morgan fingerprint density at radius 3 is 2.32 bits per heavy atom. The third kappa shape index (κ3) is 5.06. The molecule has 2 N–H and O–H groups in total. The van der Waals surface area contributed by atoms with Crippen molar-refractivity contribution < 1.29 is 0 Å². The van der Waals surface area contributed by atoms with Crippen LogP contribution in [-0.4, -0.2) is 11.0 Å². The molecule has 0 aliphatic rings. The van der Waals surface area contributed by atoms with Gasteiger partial charge in [0.15, 0.2) is 0 Å². The highest BCUT2D eigenvalue weighted by atomic mass is 15.0. The normalized spacial score (nSPS) is 12.2. The van der Waals surface area contributed by atoms with Gasteiger partial charge < -0.3 is 10.6 Å². The molecule has 0 saturated carbocycles. The second-order valence-electron chi connectivity index (χ2n) is 6.34. The Bertz CT molecular complexity index is 578. The number of pyridine rings is 1.